The molecule has 1 heterocycles. The average molecular weight is 414 g/mol. The lowest BCUT2D eigenvalue weighted by Gasteiger charge is -2.04. The van der Waals surface area contributed by atoms with Crippen molar-refractivity contribution in [2.75, 3.05) is 6.54 Å². The van der Waals surface area contributed by atoms with Crippen LogP contribution in [0.4, 0.5) is 4.39 Å². The Balaban J connectivity index is 1.51. The molecule has 0 aliphatic rings. The van der Waals surface area contributed by atoms with E-state index in [0.29, 0.717) is 30.0 Å². The van der Waals surface area contributed by atoms with Crippen molar-refractivity contribution in [1.29, 1.82) is 0 Å². The first-order chi connectivity index (χ1) is 13.8. The Bertz CT molecular complexity index is 1140. The third-order valence-corrected chi connectivity index (χ3v) is 5.06. The molecule has 3 aromatic rings. The molecule has 0 atom stereocenters. The fraction of sp³-hybridized carbons (Fsp3) is 0.0952. The minimum absolute atomic E-state index is 0.0430. The maximum atomic E-state index is 13.8. The Kier molecular flexibility index (Phi) is 6.26. The van der Waals surface area contributed by atoms with Gasteiger partial charge in [-0.15, -0.1) is 0 Å². The normalized spacial score (nSPS) is 11.7. The van der Waals surface area contributed by atoms with Crippen LogP contribution in [0.1, 0.15) is 11.3 Å². The minimum atomic E-state index is -3.71. The summed E-state index contributed by atoms with van der Waals surface area (Å²) in [6.07, 6.45) is 3.36. The Labute approximate surface area is 167 Å². The summed E-state index contributed by atoms with van der Waals surface area (Å²) in [4.78, 5) is 12.0. The quantitative estimate of drug-likeness (QED) is 0.580. The minimum Gasteiger partial charge on any atom is -0.457 e. The Morgan fingerprint density at radius 2 is 1.79 bits per heavy atom. The van der Waals surface area contributed by atoms with Crippen LogP contribution in [0.15, 0.2) is 76.1 Å². The van der Waals surface area contributed by atoms with Crippen molar-refractivity contribution < 1.29 is 22.0 Å². The number of halogens is 1. The van der Waals surface area contributed by atoms with Gasteiger partial charge in [-0.1, -0.05) is 24.3 Å². The number of amides is 1. The van der Waals surface area contributed by atoms with Gasteiger partial charge in [0.2, 0.25) is 15.9 Å². The SMILES string of the molecule is NS(=O)(=O)c1ccc(CCNC(=O)/C=C/c2ccc(-c3ccccc3F)o2)cc1. The number of nitrogens with one attached hydrogen (secondary N) is 1. The maximum Gasteiger partial charge on any atom is 0.244 e. The topological polar surface area (TPSA) is 102 Å². The molecule has 3 rings (SSSR count). The monoisotopic (exact) mass is 414 g/mol. The Morgan fingerprint density at radius 3 is 2.48 bits per heavy atom. The van der Waals surface area contributed by atoms with E-state index in [4.69, 9.17) is 9.56 Å². The van der Waals surface area contributed by atoms with Crippen molar-refractivity contribution in [1.82, 2.24) is 5.32 Å². The summed E-state index contributed by atoms with van der Waals surface area (Å²) in [6.45, 7) is 0.372. The van der Waals surface area contributed by atoms with Crippen LogP contribution in [0.2, 0.25) is 0 Å². The lowest BCUT2D eigenvalue weighted by Crippen LogP contribution is -2.23. The van der Waals surface area contributed by atoms with Crippen molar-refractivity contribution in [3.8, 4) is 11.3 Å². The molecule has 3 N–H and O–H groups in total. The van der Waals surface area contributed by atoms with Gasteiger partial charge in [-0.3, -0.25) is 4.79 Å². The third-order valence-electron chi connectivity index (χ3n) is 4.13. The molecule has 0 saturated heterocycles. The van der Waals surface area contributed by atoms with Crippen molar-refractivity contribution in [2.45, 2.75) is 11.3 Å². The predicted molar refractivity (Wildman–Crippen MR) is 108 cm³/mol. The van der Waals surface area contributed by atoms with Gasteiger partial charge in [0.25, 0.3) is 0 Å². The van der Waals surface area contributed by atoms with Gasteiger partial charge in [0.15, 0.2) is 0 Å². The van der Waals surface area contributed by atoms with Crippen LogP contribution < -0.4 is 10.5 Å². The van der Waals surface area contributed by atoms with Gasteiger partial charge < -0.3 is 9.73 Å². The van der Waals surface area contributed by atoms with E-state index < -0.39 is 10.0 Å². The molecule has 150 valence electrons. The molecule has 0 bridgehead atoms. The van der Waals surface area contributed by atoms with E-state index in [9.17, 15) is 17.6 Å². The molecule has 0 radical (unpaired) electrons. The molecule has 6 nitrogen and oxygen atoms in total. The van der Waals surface area contributed by atoms with Gasteiger partial charge in [0.05, 0.1) is 10.5 Å². The van der Waals surface area contributed by atoms with E-state index in [-0.39, 0.29) is 16.6 Å². The van der Waals surface area contributed by atoms with E-state index >= 15 is 0 Å². The number of hydrogen-bond acceptors (Lipinski definition) is 4. The highest BCUT2D eigenvalue weighted by Gasteiger charge is 2.08. The highest BCUT2D eigenvalue weighted by atomic mass is 32.2. The van der Waals surface area contributed by atoms with Gasteiger partial charge in [0, 0.05) is 12.6 Å². The summed E-state index contributed by atoms with van der Waals surface area (Å²) in [5, 5.41) is 7.77. The summed E-state index contributed by atoms with van der Waals surface area (Å²) < 4.78 is 41.8. The van der Waals surface area contributed by atoms with Crippen LogP contribution in [0.3, 0.4) is 0 Å². The first kappa shape index (κ1) is 20.5. The lowest BCUT2D eigenvalue weighted by molar-refractivity contribution is -0.116. The van der Waals surface area contributed by atoms with Crippen LogP contribution in [0.25, 0.3) is 17.4 Å². The van der Waals surface area contributed by atoms with Crippen molar-refractivity contribution in [3.63, 3.8) is 0 Å². The van der Waals surface area contributed by atoms with Crippen LogP contribution in [-0.4, -0.2) is 20.9 Å². The largest absolute Gasteiger partial charge is 0.457 e. The highest BCUT2D eigenvalue weighted by molar-refractivity contribution is 7.89. The van der Waals surface area contributed by atoms with Gasteiger partial charge in [-0.2, -0.15) is 0 Å². The second-order valence-electron chi connectivity index (χ2n) is 6.25. The van der Waals surface area contributed by atoms with E-state index in [2.05, 4.69) is 5.32 Å². The molecule has 0 fully saturated rings. The van der Waals surface area contributed by atoms with Crippen molar-refractivity contribution in [3.05, 3.63) is 83.9 Å². The summed E-state index contributed by atoms with van der Waals surface area (Å²) >= 11 is 0. The number of nitrogens with two attached hydrogens (primary N) is 1. The predicted octanol–water partition coefficient (Wildman–Crippen LogP) is 3.11. The summed E-state index contributed by atoms with van der Waals surface area (Å²) in [5.74, 6) is 0.116. The molecule has 1 aromatic heterocycles. The molecule has 1 amide bonds. The zero-order valence-electron chi connectivity index (χ0n) is 15.3. The first-order valence-electron chi connectivity index (χ1n) is 8.75. The van der Waals surface area contributed by atoms with Crippen molar-refractivity contribution >= 4 is 22.0 Å². The second-order valence-corrected chi connectivity index (χ2v) is 7.81. The second kappa shape index (κ2) is 8.85. The number of carbonyl (C=O) groups excluding carboxylic acids is 1. The summed E-state index contributed by atoms with van der Waals surface area (Å²) in [6, 6.07) is 15.7. The molecular formula is C21H19FN2O4S. The van der Waals surface area contributed by atoms with Crippen LogP contribution in [0.5, 0.6) is 0 Å². The van der Waals surface area contributed by atoms with Crippen molar-refractivity contribution in [2.24, 2.45) is 5.14 Å². The maximum absolute atomic E-state index is 13.8. The summed E-state index contributed by atoms with van der Waals surface area (Å²) in [7, 11) is -3.71. The number of carbonyl (C=O) groups is 1. The molecule has 0 unspecified atom stereocenters. The summed E-state index contributed by atoms with van der Waals surface area (Å²) in [5.41, 5.74) is 1.22. The number of hydrogen-bond donors (Lipinski definition) is 2. The smallest absolute Gasteiger partial charge is 0.244 e. The number of furan rings is 1. The highest BCUT2D eigenvalue weighted by Crippen LogP contribution is 2.25. The molecule has 8 heteroatoms. The number of rotatable bonds is 7. The molecule has 2 aromatic carbocycles. The molecule has 0 aliphatic carbocycles. The standard InChI is InChI=1S/C21H19FN2O4S/c22-19-4-2-1-3-18(19)20-11-7-16(28-20)8-12-21(25)24-14-13-15-5-9-17(10-6-15)29(23,26)27/h1-12H,13-14H2,(H,24,25)(H2,23,26,27)/b12-8+. The third kappa shape index (κ3) is 5.63. The zero-order valence-corrected chi connectivity index (χ0v) is 16.2. The lowest BCUT2D eigenvalue weighted by atomic mass is 10.1. The molecule has 0 spiro atoms. The fourth-order valence-corrected chi connectivity index (χ4v) is 3.16. The van der Waals surface area contributed by atoms with Gasteiger partial charge in [-0.05, 0) is 54.5 Å². The van der Waals surface area contributed by atoms with E-state index in [1.165, 1.54) is 30.4 Å². The molecule has 0 saturated carbocycles. The Hall–Kier alpha value is -3.23. The van der Waals surface area contributed by atoms with Crippen LogP contribution >= 0.6 is 0 Å². The van der Waals surface area contributed by atoms with E-state index in [0.717, 1.165) is 5.56 Å². The number of sulfonamides is 1. The number of benzene rings is 2. The van der Waals surface area contributed by atoms with Gasteiger partial charge in [-0.25, -0.2) is 17.9 Å². The van der Waals surface area contributed by atoms with E-state index in [1.807, 2.05) is 0 Å². The molecular weight excluding hydrogens is 395 g/mol. The average Bonchev–Trinajstić information content (AvgIpc) is 3.15. The molecule has 29 heavy (non-hydrogen) atoms. The fourth-order valence-electron chi connectivity index (χ4n) is 2.64. The van der Waals surface area contributed by atoms with Crippen LogP contribution in [0, 0.1) is 5.82 Å². The Morgan fingerprint density at radius 1 is 1.07 bits per heavy atom. The molecule has 0 aliphatic heterocycles. The van der Waals surface area contributed by atoms with Crippen LogP contribution in [-0.2, 0) is 21.2 Å². The van der Waals surface area contributed by atoms with Gasteiger partial charge >= 0.3 is 0 Å². The van der Waals surface area contributed by atoms with E-state index in [1.54, 1.807) is 42.5 Å². The zero-order chi connectivity index (χ0) is 20.9. The first-order valence-corrected chi connectivity index (χ1v) is 10.3. The van der Waals surface area contributed by atoms with Gasteiger partial charge in [0.1, 0.15) is 17.3 Å². The number of primary sulfonamides is 1.